The quantitative estimate of drug-likeness (QED) is 0.788. The molecule has 2 rings (SSSR count). The van der Waals surface area contributed by atoms with Crippen LogP contribution in [-0.4, -0.2) is 24.5 Å². The van der Waals surface area contributed by atoms with Crippen LogP contribution in [0.3, 0.4) is 0 Å². The number of rotatable bonds is 6. The van der Waals surface area contributed by atoms with E-state index in [4.69, 9.17) is 10.5 Å². The molecule has 1 saturated carbocycles. The summed E-state index contributed by atoms with van der Waals surface area (Å²) in [6.07, 6.45) is 3.69. The maximum atomic E-state index is 11.7. The molecule has 120 valence electrons. The Morgan fingerprint density at radius 1 is 1.27 bits per heavy atom. The number of primary amides is 1. The third-order valence-corrected chi connectivity index (χ3v) is 4.15. The van der Waals surface area contributed by atoms with Gasteiger partial charge in [-0.25, -0.2) is 0 Å². The van der Waals surface area contributed by atoms with Crippen LogP contribution in [0.4, 0.5) is 0 Å². The van der Waals surface area contributed by atoms with Crippen molar-refractivity contribution in [3.63, 3.8) is 0 Å². The molecular formula is C17H24N2O3. The lowest BCUT2D eigenvalue weighted by molar-refractivity contribution is -0.149. The maximum absolute atomic E-state index is 11.7. The fraction of sp³-hybridized carbons (Fsp3) is 0.529. The van der Waals surface area contributed by atoms with Gasteiger partial charge >= 0.3 is 5.97 Å². The monoisotopic (exact) mass is 304 g/mol. The molecule has 1 aliphatic carbocycles. The molecule has 1 fully saturated rings. The van der Waals surface area contributed by atoms with Gasteiger partial charge in [0, 0.05) is 18.2 Å². The number of carbonyl (C=O) groups excluding carboxylic acids is 2. The van der Waals surface area contributed by atoms with Gasteiger partial charge in [-0.3, -0.25) is 9.59 Å². The van der Waals surface area contributed by atoms with E-state index in [0.29, 0.717) is 24.8 Å². The Bertz CT molecular complexity index is 522. The molecule has 0 heterocycles. The summed E-state index contributed by atoms with van der Waals surface area (Å²) in [6, 6.07) is 7.76. The zero-order chi connectivity index (χ0) is 15.9. The number of esters is 1. The average molecular weight is 304 g/mol. The van der Waals surface area contributed by atoms with Crippen molar-refractivity contribution in [1.82, 2.24) is 5.32 Å². The molecule has 1 aliphatic rings. The zero-order valence-electron chi connectivity index (χ0n) is 13.0. The molecule has 0 saturated heterocycles. The van der Waals surface area contributed by atoms with E-state index in [1.54, 1.807) is 6.07 Å². The van der Waals surface area contributed by atoms with Crippen molar-refractivity contribution in [3.8, 4) is 0 Å². The minimum atomic E-state index is -0.406. The maximum Gasteiger partial charge on any atom is 0.308 e. The highest BCUT2D eigenvalue weighted by Gasteiger charge is 2.26. The lowest BCUT2D eigenvalue weighted by Crippen LogP contribution is -2.35. The smallest absolute Gasteiger partial charge is 0.308 e. The van der Waals surface area contributed by atoms with E-state index in [1.807, 2.05) is 25.1 Å². The molecule has 1 aromatic rings. The number of carbonyl (C=O) groups is 2. The summed E-state index contributed by atoms with van der Waals surface area (Å²) in [5.74, 6) is -0.414. The molecule has 1 amide bonds. The van der Waals surface area contributed by atoms with Gasteiger partial charge in [0.25, 0.3) is 0 Å². The summed E-state index contributed by atoms with van der Waals surface area (Å²) >= 11 is 0. The first-order valence-corrected chi connectivity index (χ1v) is 7.89. The molecule has 0 bridgehead atoms. The summed E-state index contributed by atoms with van der Waals surface area (Å²) in [4.78, 5) is 22.9. The van der Waals surface area contributed by atoms with Crippen LogP contribution in [-0.2, 0) is 16.1 Å². The first-order valence-electron chi connectivity index (χ1n) is 7.89. The highest BCUT2D eigenvalue weighted by molar-refractivity contribution is 5.92. The van der Waals surface area contributed by atoms with E-state index in [2.05, 4.69) is 5.32 Å². The summed E-state index contributed by atoms with van der Waals surface area (Å²) in [7, 11) is 0. The van der Waals surface area contributed by atoms with Crippen LogP contribution >= 0.6 is 0 Å². The Labute approximate surface area is 131 Å². The molecule has 0 aliphatic heterocycles. The number of nitrogens with one attached hydrogen (secondary N) is 1. The standard InChI is InChI=1S/C17H24N2O3/c1-2-22-17(21)13-6-8-15(9-7-13)19-11-12-4-3-5-14(10-12)16(18)20/h3-5,10,13,15,19H,2,6-9,11H2,1H3,(H2,18,20). The second-order valence-corrected chi connectivity index (χ2v) is 5.75. The SMILES string of the molecule is CCOC(=O)C1CCC(NCc2cccc(C(N)=O)c2)CC1. The van der Waals surface area contributed by atoms with Gasteiger partial charge in [0.15, 0.2) is 0 Å². The highest BCUT2D eigenvalue weighted by atomic mass is 16.5. The topological polar surface area (TPSA) is 81.4 Å². The molecule has 1 aromatic carbocycles. The average Bonchev–Trinajstić information content (AvgIpc) is 2.54. The molecule has 0 aromatic heterocycles. The highest BCUT2D eigenvalue weighted by Crippen LogP contribution is 2.25. The molecule has 0 unspecified atom stereocenters. The van der Waals surface area contributed by atoms with E-state index in [1.165, 1.54) is 0 Å². The Morgan fingerprint density at radius 2 is 2.00 bits per heavy atom. The van der Waals surface area contributed by atoms with Gasteiger partial charge in [-0.15, -0.1) is 0 Å². The molecule has 0 radical (unpaired) electrons. The minimum Gasteiger partial charge on any atom is -0.466 e. The Morgan fingerprint density at radius 3 is 2.64 bits per heavy atom. The van der Waals surface area contributed by atoms with Crippen molar-refractivity contribution in [2.75, 3.05) is 6.61 Å². The minimum absolute atomic E-state index is 0.0520. The normalized spacial score (nSPS) is 21.3. The van der Waals surface area contributed by atoms with Crippen LogP contribution in [0.2, 0.25) is 0 Å². The summed E-state index contributed by atoms with van der Waals surface area (Å²) < 4.78 is 5.08. The van der Waals surface area contributed by atoms with Gasteiger partial charge in [-0.05, 0) is 50.3 Å². The Kier molecular flexibility index (Phi) is 5.95. The lowest BCUT2D eigenvalue weighted by atomic mass is 9.86. The first-order chi connectivity index (χ1) is 10.6. The van der Waals surface area contributed by atoms with E-state index < -0.39 is 5.91 Å². The van der Waals surface area contributed by atoms with Gasteiger partial charge in [0.2, 0.25) is 5.91 Å². The Hall–Kier alpha value is -1.88. The van der Waals surface area contributed by atoms with Crippen molar-refractivity contribution >= 4 is 11.9 Å². The van der Waals surface area contributed by atoms with Gasteiger partial charge in [-0.2, -0.15) is 0 Å². The number of hydrogen-bond donors (Lipinski definition) is 2. The van der Waals surface area contributed by atoms with Crippen molar-refractivity contribution in [2.45, 2.75) is 45.2 Å². The number of hydrogen-bond acceptors (Lipinski definition) is 4. The fourth-order valence-electron chi connectivity index (χ4n) is 2.89. The summed E-state index contributed by atoms with van der Waals surface area (Å²) in [5.41, 5.74) is 6.86. The molecule has 3 N–H and O–H groups in total. The predicted molar refractivity (Wildman–Crippen MR) is 84.2 cm³/mol. The van der Waals surface area contributed by atoms with Crippen molar-refractivity contribution in [3.05, 3.63) is 35.4 Å². The van der Waals surface area contributed by atoms with Gasteiger partial charge in [0.1, 0.15) is 0 Å². The predicted octanol–water partition coefficient (Wildman–Crippen LogP) is 2.00. The third-order valence-electron chi connectivity index (χ3n) is 4.15. The van der Waals surface area contributed by atoms with Gasteiger partial charge in [0.05, 0.1) is 12.5 Å². The lowest BCUT2D eigenvalue weighted by Gasteiger charge is -2.28. The van der Waals surface area contributed by atoms with E-state index >= 15 is 0 Å². The number of amides is 1. The summed E-state index contributed by atoms with van der Waals surface area (Å²) in [5, 5.41) is 3.49. The third kappa shape index (κ3) is 4.56. The Balaban J connectivity index is 1.78. The van der Waals surface area contributed by atoms with Crippen molar-refractivity contribution in [1.29, 1.82) is 0 Å². The van der Waals surface area contributed by atoms with Crippen LogP contribution in [0.1, 0.15) is 48.5 Å². The van der Waals surface area contributed by atoms with Crippen LogP contribution in [0, 0.1) is 5.92 Å². The second kappa shape index (κ2) is 7.94. The second-order valence-electron chi connectivity index (χ2n) is 5.75. The van der Waals surface area contributed by atoms with Gasteiger partial charge < -0.3 is 15.8 Å². The van der Waals surface area contributed by atoms with Crippen LogP contribution < -0.4 is 11.1 Å². The zero-order valence-corrected chi connectivity index (χ0v) is 13.0. The van der Waals surface area contributed by atoms with E-state index in [-0.39, 0.29) is 11.9 Å². The van der Waals surface area contributed by atoms with E-state index in [9.17, 15) is 9.59 Å². The molecule has 5 nitrogen and oxygen atoms in total. The van der Waals surface area contributed by atoms with Crippen molar-refractivity contribution < 1.29 is 14.3 Å². The fourth-order valence-corrected chi connectivity index (χ4v) is 2.89. The number of benzene rings is 1. The van der Waals surface area contributed by atoms with Gasteiger partial charge in [-0.1, -0.05) is 12.1 Å². The van der Waals surface area contributed by atoms with Crippen LogP contribution in [0.25, 0.3) is 0 Å². The number of ether oxygens (including phenoxy) is 1. The van der Waals surface area contributed by atoms with E-state index in [0.717, 1.165) is 31.2 Å². The number of nitrogens with two attached hydrogens (primary N) is 1. The van der Waals surface area contributed by atoms with Crippen molar-refractivity contribution in [2.24, 2.45) is 11.7 Å². The molecule has 5 heteroatoms. The van der Waals surface area contributed by atoms with Crippen LogP contribution in [0.15, 0.2) is 24.3 Å². The first kappa shape index (κ1) is 16.5. The summed E-state index contributed by atoms with van der Waals surface area (Å²) in [6.45, 7) is 2.99. The van der Waals surface area contributed by atoms with Crippen LogP contribution in [0.5, 0.6) is 0 Å². The molecular weight excluding hydrogens is 280 g/mol. The molecule has 0 spiro atoms. The molecule has 0 atom stereocenters. The molecule has 22 heavy (non-hydrogen) atoms. The largest absolute Gasteiger partial charge is 0.466 e.